The highest BCUT2D eigenvalue weighted by molar-refractivity contribution is 5.83. The van der Waals surface area contributed by atoms with Crippen molar-refractivity contribution in [3.05, 3.63) is 48.5 Å². The summed E-state index contributed by atoms with van der Waals surface area (Å²) in [5, 5.41) is 7.35. The fourth-order valence-corrected chi connectivity index (χ4v) is 3.59. The van der Waals surface area contributed by atoms with Crippen molar-refractivity contribution in [3.8, 4) is 0 Å². The van der Waals surface area contributed by atoms with Gasteiger partial charge >= 0.3 is 0 Å². The van der Waals surface area contributed by atoms with Crippen LogP contribution in [0.1, 0.15) is 44.7 Å². The van der Waals surface area contributed by atoms with Crippen LogP contribution in [0.5, 0.6) is 0 Å². The topological polar surface area (TPSA) is 63.1 Å². The van der Waals surface area contributed by atoms with E-state index < -0.39 is 0 Å². The smallest absolute Gasteiger partial charge is 0.242 e. The summed E-state index contributed by atoms with van der Waals surface area (Å²) in [6.45, 7) is 5.69. The molecule has 0 aliphatic carbocycles. The summed E-state index contributed by atoms with van der Waals surface area (Å²) < 4.78 is 1.87. The Labute approximate surface area is 149 Å². The first kappa shape index (κ1) is 17.6. The van der Waals surface area contributed by atoms with Crippen LogP contribution in [0, 0.1) is 0 Å². The molecule has 2 atom stereocenters. The van der Waals surface area contributed by atoms with Crippen molar-refractivity contribution in [2.75, 3.05) is 6.54 Å². The average molecular weight is 341 g/mol. The van der Waals surface area contributed by atoms with Crippen molar-refractivity contribution in [3.63, 3.8) is 0 Å². The lowest BCUT2D eigenvalue weighted by Crippen LogP contribution is -2.50. The number of rotatable bonds is 6. The summed E-state index contributed by atoms with van der Waals surface area (Å²) in [5.74, 6) is 0.0756. The molecular formula is C19H27N5O. The number of nitrogens with one attached hydrogen (secondary N) is 1. The number of aromatic nitrogens is 3. The predicted molar refractivity (Wildman–Crippen MR) is 96.8 cm³/mol. The molecule has 6 nitrogen and oxygen atoms in total. The van der Waals surface area contributed by atoms with Gasteiger partial charge in [-0.3, -0.25) is 14.4 Å². The number of hydrogen-bond acceptors (Lipinski definition) is 4. The third-order valence-electron chi connectivity index (χ3n) is 4.66. The molecule has 3 rings (SSSR count). The van der Waals surface area contributed by atoms with Crippen molar-refractivity contribution in [2.45, 2.75) is 57.8 Å². The Balaban J connectivity index is 1.87. The summed E-state index contributed by atoms with van der Waals surface area (Å²) in [4.78, 5) is 19.4. The van der Waals surface area contributed by atoms with E-state index in [0.717, 1.165) is 31.5 Å². The van der Waals surface area contributed by atoms with E-state index in [1.165, 1.54) is 6.42 Å². The number of nitrogens with zero attached hydrogens (tertiary/aromatic N) is 4. The lowest BCUT2D eigenvalue weighted by atomic mass is 9.95. The maximum atomic E-state index is 13.0. The number of carbonyl (C=O) groups is 1. The van der Waals surface area contributed by atoms with E-state index in [9.17, 15) is 4.79 Å². The Morgan fingerprint density at radius 1 is 1.28 bits per heavy atom. The molecule has 134 valence electrons. The van der Waals surface area contributed by atoms with E-state index in [4.69, 9.17) is 0 Å². The second-order valence-electron chi connectivity index (χ2n) is 6.98. The Morgan fingerprint density at radius 2 is 2.08 bits per heavy atom. The predicted octanol–water partition coefficient (Wildman–Crippen LogP) is 2.40. The zero-order valence-corrected chi connectivity index (χ0v) is 15.0. The molecule has 0 bridgehead atoms. The van der Waals surface area contributed by atoms with Gasteiger partial charge in [0.2, 0.25) is 5.91 Å². The average Bonchev–Trinajstić information content (AvgIpc) is 3.10. The van der Waals surface area contributed by atoms with Crippen LogP contribution in [0.25, 0.3) is 0 Å². The van der Waals surface area contributed by atoms with Gasteiger partial charge in [-0.2, -0.15) is 5.10 Å². The van der Waals surface area contributed by atoms with Crippen LogP contribution in [0.3, 0.4) is 0 Å². The molecule has 0 spiro atoms. The third kappa shape index (κ3) is 4.45. The van der Waals surface area contributed by atoms with Gasteiger partial charge in [0.1, 0.15) is 18.7 Å². The summed E-state index contributed by atoms with van der Waals surface area (Å²) in [6, 6.07) is 10.2. The van der Waals surface area contributed by atoms with Crippen LogP contribution in [0.4, 0.5) is 0 Å². The van der Waals surface area contributed by atoms with Crippen molar-refractivity contribution in [2.24, 2.45) is 0 Å². The maximum Gasteiger partial charge on any atom is 0.242 e. The first-order valence-electron chi connectivity index (χ1n) is 9.08. The van der Waals surface area contributed by atoms with E-state index >= 15 is 0 Å². The summed E-state index contributed by atoms with van der Waals surface area (Å²) >= 11 is 0. The van der Waals surface area contributed by atoms with Gasteiger partial charge in [-0.1, -0.05) is 36.8 Å². The van der Waals surface area contributed by atoms with Crippen LogP contribution in [0.15, 0.2) is 43.0 Å². The molecular weight excluding hydrogens is 314 g/mol. The number of likely N-dealkylation sites (tertiary alicyclic amines) is 1. The van der Waals surface area contributed by atoms with Gasteiger partial charge in [0.15, 0.2) is 0 Å². The molecule has 1 saturated heterocycles. The van der Waals surface area contributed by atoms with Gasteiger partial charge in [-0.05, 0) is 38.8 Å². The maximum absolute atomic E-state index is 13.0. The van der Waals surface area contributed by atoms with E-state index in [0.29, 0.717) is 0 Å². The lowest BCUT2D eigenvalue weighted by molar-refractivity contribution is -0.129. The number of carbonyl (C=O) groups excluding carboxylic acids is 1. The third-order valence-corrected chi connectivity index (χ3v) is 4.66. The van der Waals surface area contributed by atoms with E-state index in [1.807, 2.05) is 48.9 Å². The van der Waals surface area contributed by atoms with Gasteiger partial charge in [0.05, 0.1) is 6.54 Å². The molecule has 1 aliphatic heterocycles. The quantitative estimate of drug-likeness (QED) is 0.876. The molecule has 25 heavy (non-hydrogen) atoms. The number of benzene rings is 1. The zero-order chi connectivity index (χ0) is 17.6. The monoisotopic (exact) mass is 341 g/mol. The second kappa shape index (κ2) is 8.25. The van der Waals surface area contributed by atoms with E-state index in [-0.39, 0.29) is 24.0 Å². The van der Waals surface area contributed by atoms with Crippen molar-refractivity contribution in [1.29, 1.82) is 0 Å². The summed E-state index contributed by atoms with van der Waals surface area (Å²) in [7, 11) is 0. The molecule has 0 saturated carbocycles. The molecule has 0 radical (unpaired) electrons. The van der Waals surface area contributed by atoms with Crippen molar-refractivity contribution >= 4 is 5.91 Å². The fourth-order valence-electron chi connectivity index (χ4n) is 3.59. The zero-order valence-electron chi connectivity index (χ0n) is 15.0. The Kier molecular flexibility index (Phi) is 5.81. The number of amides is 1. The molecule has 2 aromatic rings. The summed E-state index contributed by atoms with van der Waals surface area (Å²) in [6.07, 6.45) is 6.68. The summed E-state index contributed by atoms with van der Waals surface area (Å²) in [5.41, 5.74) is 1.05. The van der Waals surface area contributed by atoms with Crippen LogP contribution in [-0.2, 0) is 11.3 Å². The van der Waals surface area contributed by atoms with Crippen LogP contribution in [-0.4, -0.2) is 44.2 Å². The largest absolute Gasteiger partial charge is 0.352 e. The molecule has 1 aliphatic rings. The van der Waals surface area contributed by atoms with Crippen LogP contribution in [0.2, 0.25) is 0 Å². The fraction of sp³-hybridized carbons (Fsp3) is 0.526. The highest BCUT2D eigenvalue weighted by Crippen LogP contribution is 2.30. The first-order chi connectivity index (χ1) is 12.1. The normalized spacial score (nSPS) is 19.7. The number of hydrogen-bond donors (Lipinski definition) is 1. The standard InChI is InChI=1S/C19H27N5O/c1-15(2)22-19(25)18(16-8-4-3-5-9-16)24-11-7-6-10-17(24)12-23-14-20-13-21-23/h3-5,8-9,13-15,17-18H,6-7,10-12H2,1-2H3,(H,22,25)/t17-,18+/m1/s1. The molecule has 6 heteroatoms. The highest BCUT2D eigenvalue weighted by Gasteiger charge is 2.34. The lowest BCUT2D eigenvalue weighted by Gasteiger charge is -2.40. The van der Waals surface area contributed by atoms with Crippen LogP contribution < -0.4 is 5.32 Å². The molecule has 1 fully saturated rings. The van der Waals surface area contributed by atoms with Gasteiger partial charge in [0.25, 0.3) is 0 Å². The molecule has 1 amide bonds. The molecule has 1 aromatic carbocycles. The van der Waals surface area contributed by atoms with Gasteiger partial charge in [-0.25, -0.2) is 4.98 Å². The van der Waals surface area contributed by atoms with E-state index in [2.05, 4.69) is 20.3 Å². The Hall–Kier alpha value is -2.21. The Morgan fingerprint density at radius 3 is 2.76 bits per heavy atom. The minimum Gasteiger partial charge on any atom is -0.352 e. The molecule has 1 aromatic heterocycles. The van der Waals surface area contributed by atoms with Crippen molar-refractivity contribution in [1.82, 2.24) is 25.0 Å². The van der Waals surface area contributed by atoms with Gasteiger partial charge < -0.3 is 5.32 Å². The minimum atomic E-state index is -0.266. The second-order valence-corrected chi connectivity index (χ2v) is 6.98. The highest BCUT2D eigenvalue weighted by atomic mass is 16.2. The van der Waals surface area contributed by atoms with Gasteiger partial charge in [-0.15, -0.1) is 0 Å². The number of piperidine rings is 1. The van der Waals surface area contributed by atoms with Crippen molar-refractivity contribution < 1.29 is 4.79 Å². The first-order valence-corrected chi connectivity index (χ1v) is 9.08. The Bertz CT molecular complexity index is 656. The van der Waals surface area contributed by atoms with Crippen LogP contribution >= 0.6 is 0 Å². The van der Waals surface area contributed by atoms with E-state index in [1.54, 1.807) is 12.7 Å². The molecule has 0 unspecified atom stereocenters. The molecule has 1 N–H and O–H groups in total. The SMILES string of the molecule is CC(C)NC(=O)[C@H](c1ccccc1)N1CCCC[C@@H]1Cn1cncn1. The molecule has 2 heterocycles. The van der Waals surface area contributed by atoms with Gasteiger partial charge in [0, 0.05) is 12.1 Å². The minimum absolute atomic E-state index is 0.0756.